The number of aromatic nitrogens is 2. The molecule has 3 unspecified atom stereocenters. The van der Waals surface area contributed by atoms with Gasteiger partial charge in [-0.15, -0.1) is 13.2 Å². The standard InChI is InChI=1S/C23H29F3N4O4/c1-33-9-8-28-14-21(27-15-28)18-10-17(16-2-4-20(5-3-16)34-23(24,25)26)11-30(12-18)22(32)29-7-6-19(31)13-29/h2-5,14-15,17-19,31H,6-13H2,1H3. The summed E-state index contributed by atoms with van der Waals surface area (Å²) in [7, 11) is 1.63. The summed E-state index contributed by atoms with van der Waals surface area (Å²) in [6.45, 7) is 2.94. The van der Waals surface area contributed by atoms with E-state index in [1.165, 1.54) is 12.1 Å². The van der Waals surface area contributed by atoms with Crippen molar-refractivity contribution in [1.82, 2.24) is 19.4 Å². The van der Waals surface area contributed by atoms with E-state index >= 15 is 0 Å². The normalized spacial score (nSPS) is 23.4. The van der Waals surface area contributed by atoms with Crippen molar-refractivity contribution in [2.45, 2.75) is 43.7 Å². The number of methoxy groups -OCH3 is 1. The maximum absolute atomic E-state index is 13.2. The molecule has 3 heterocycles. The summed E-state index contributed by atoms with van der Waals surface area (Å²) < 4.78 is 48.6. The number of carbonyl (C=O) groups is 1. The van der Waals surface area contributed by atoms with E-state index in [1.54, 1.807) is 35.4 Å². The van der Waals surface area contributed by atoms with E-state index in [-0.39, 0.29) is 23.6 Å². The zero-order valence-corrected chi connectivity index (χ0v) is 18.9. The number of imidazole rings is 1. The number of urea groups is 1. The third-order valence-electron chi connectivity index (χ3n) is 6.37. The Kier molecular flexibility index (Phi) is 7.32. The third kappa shape index (κ3) is 6.01. The van der Waals surface area contributed by atoms with E-state index in [1.807, 2.05) is 10.8 Å². The topological polar surface area (TPSA) is 80.1 Å². The number of aliphatic hydroxyl groups is 1. The molecule has 1 aromatic carbocycles. The lowest BCUT2D eigenvalue weighted by atomic mass is 9.83. The molecule has 2 fully saturated rings. The predicted octanol–water partition coefficient (Wildman–Crippen LogP) is 3.19. The third-order valence-corrected chi connectivity index (χ3v) is 6.37. The largest absolute Gasteiger partial charge is 0.573 e. The molecule has 34 heavy (non-hydrogen) atoms. The lowest BCUT2D eigenvalue weighted by molar-refractivity contribution is -0.274. The number of halogens is 3. The number of aliphatic hydroxyl groups excluding tert-OH is 1. The molecule has 0 spiro atoms. The van der Waals surface area contributed by atoms with Crippen molar-refractivity contribution in [2.24, 2.45) is 0 Å². The first-order valence-electron chi connectivity index (χ1n) is 11.3. The quantitative estimate of drug-likeness (QED) is 0.684. The van der Waals surface area contributed by atoms with Gasteiger partial charge in [-0.1, -0.05) is 12.1 Å². The van der Waals surface area contributed by atoms with Crippen molar-refractivity contribution in [3.05, 3.63) is 48.0 Å². The number of rotatable bonds is 6. The van der Waals surface area contributed by atoms with E-state index in [0.29, 0.717) is 52.2 Å². The van der Waals surface area contributed by atoms with Crippen molar-refractivity contribution < 1.29 is 32.5 Å². The lowest BCUT2D eigenvalue weighted by Crippen LogP contribution is -2.48. The van der Waals surface area contributed by atoms with Crippen LogP contribution in [0.1, 0.15) is 35.9 Å². The Hall–Kier alpha value is -2.79. The molecule has 1 aromatic heterocycles. The molecule has 2 aliphatic heterocycles. The molecule has 0 aliphatic carbocycles. The van der Waals surface area contributed by atoms with Crippen molar-refractivity contribution in [3.8, 4) is 5.75 Å². The van der Waals surface area contributed by atoms with Crippen LogP contribution >= 0.6 is 0 Å². The molecule has 0 saturated carbocycles. The van der Waals surface area contributed by atoms with E-state index in [9.17, 15) is 23.1 Å². The van der Waals surface area contributed by atoms with Gasteiger partial charge in [-0.25, -0.2) is 9.78 Å². The Morgan fingerprint density at radius 1 is 1.15 bits per heavy atom. The van der Waals surface area contributed by atoms with Crippen LogP contribution < -0.4 is 4.74 Å². The Bertz CT molecular complexity index is 966. The number of likely N-dealkylation sites (tertiary alicyclic amines) is 2. The molecule has 0 radical (unpaired) electrons. The van der Waals surface area contributed by atoms with Crippen LogP contribution in [-0.2, 0) is 11.3 Å². The number of amides is 2. The van der Waals surface area contributed by atoms with Gasteiger partial charge in [-0.3, -0.25) is 0 Å². The average Bonchev–Trinajstić information content (AvgIpc) is 3.45. The smallest absolute Gasteiger partial charge is 0.406 e. The highest BCUT2D eigenvalue weighted by molar-refractivity contribution is 5.75. The molecular formula is C23H29F3N4O4. The molecule has 2 aliphatic rings. The molecule has 2 aromatic rings. The number of β-amino-alcohol motifs (C(OH)–C–C–N with tert-alkyl or cyclic N) is 1. The second-order valence-electron chi connectivity index (χ2n) is 8.85. The van der Waals surface area contributed by atoms with Crippen LogP contribution in [0.15, 0.2) is 36.8 Å². The number of ether oxygens (including phenoxy) is 2. The first-order chi connectivity index (χ1) is 16.2. The molecule has 2 amide bonds. The maximum Gasteiger partial charge on any atom is 0.573 e. The fourth-order valence-electron chi connectivity index (χ4n) is 4.68. The number of hydrogen-bond acceptors (Lipinski definition) is 5. The van der Waals surface area contributed by atoms with Gasteiger partial charge in [0.05, 0.1) is 24.7 Å². The monoisotopic (exact) mass is 482 g/mol. The van der Waals surface area contributed by atoms with Crippen LogP contribution in [0.25, 0.3) is 0 Å². The molecule has 3 atom stereocenters. The van der Waals surface area contributed by atoms with Gasteiger partial charge in [-0.05, 0) is 30.5 Å². The fraction of sp³-hybridized carbons (Fsp3) is 0.565. The molecule has 2 saturated heterocycles. The van der Waals surface area contributed by atoms with Crippen molar-refractivity contribution in [3.63, 3.8) is 0 Å². The zero-order chi connectivity index (χ0) is 24.3. The Morgan fingerprint density at radius 2 is 1.88 bits per heavy atom. The van der Waals surface area contributed by atoms with Crippen LogP contribution in [-0.4, -0.2) is 82.9 Å². The Labute approximate surface area is 195 Å². The molecule has 186 valence electrons. The summed E-state index contributed by atoms with van der Waals surface area (Å²) in [6, 6.07) is 5.70. The van der Waals surface area contributed by atoms with E-state index < -0.39 is 12.5 Å². The van der Waals surface area contributed by atoms with Gasteiger partial charge < -0.3 is 28.9 Å². The summed E-state index contributed by atoms with van der Waals surface area (Å²) in [6.07, 6.45) is -0.316. The number of benzene rings is 1. The van der Waals surface area contributed by atoms with Gasteiger partial charge in [0.25, 0.3) is 0 Å². The van der Waals surface area contributed by atoms with Crippen LogP contribution in [0.5, 0.6) is 5.75 Å². The summed E-state index contributed by atoms with van der Waals surface area (Å²) in [4.78, 5) is 21.2. The van der Waals surface area contributed by atoms with Gasteiger partial charge in [0.15, 0.2) is 0 Å². The highest BCUT2D eigenvalue weighted by atomic mass is 19.4. The fourth-order valence-corrected chi connectivity index (χ4v) is 4.68. The van der Waals surface area contributed by atoms with Crippen molar-refractivity contribution >= 4 is 6.03 Å². The highest BCUT2D eigenvalue weighted by Gasteiger charge is 2.36. The number of nitrogens with zero attached hydrogens (tertiary/aromatic N) is 4. The Balaban J connectivity index is 1.54. The summed E-state index contributed by atoms with van der Waals surface area (Å²) in [5.74, 6) is -0.399. The van der Waals surface area contributed by atoms with Gasteiger partial charge in [0, 0.05) is 57.9 Å². The molecule has 0 bridgehead atoms. The maximum atomic E-state index is 13.2. The van der Waals surface area contributed by atoms with E-state index in [0.717, 1.165) is 11.3 Å². The van der Waals surface area contributed by atoms with Gasteiger partial charge in [0.1, 0.15) is 5.75 Å². The van der Waals surface area contributed by atoms with Crippen LogP contribution in [0.4, 0.5) is 18.0 Å². The second-order valence-corrected chi connectivity index (χ2v) is 8.85. The zero-order valence-electron chi connectivity index (χ0n) is 18.9. The molecular weight excluding hydrogens is 453 g/mol. The molecule has 4 rings (SSSR count). The minimum atomic E-state index is -4.75. The minimum Gasteiger partial charge on any atom is -0.406 e. The van der Waals surface area contributed by atoms with Gasteiger partial charge in [0.2, 0.25) is 0 Å². The number of hydrogen-bond donors (Lipinski definition) is 1. The van der Waals surface area contributed by atoms with Crippen molar-refractivity contribution in [2.75, 3.05) is 39.9 Å². The number of piperidine rings is 1. The van der Waals surface area contributed by atoms with Crippen LogP contribution in [0.2, 0.25) is 0 Å². The number of alkyl halides is 3. The van der Waals surface area contributed by atoms with Crippen LogP contribution in [0.3, 0.4) is 0 Å². The second kappa shape index (κ2) is 10.2. The van der Waals surface area contributed by atoms with Gasteiger partial charge >= 0.3 is 12.4 Å². The molecule has 11 heteroatoms. The molecule has 1 N–H and O–H groups in total. The first kappa shape index (κ1) is 24.3. The summed E-state index contributed by atoms with van der Waals surface area (Å²) in [5, 5.41) is 9.86. The van der Waals surface area contributed by atoms with Crippen molar-refractivity contribution in [1.29, 1.82) is 0 Å². The number of carbonyl (C=O) groups excluding carboxylic acids is 1. The first-order valence-corrected chi connectivity index (χ1v) is 11.3. The van der Waals surface area contributed by atoms with Gasteiger partial charge in [-0.2, -0.15) is 0 Å². The summed E-state index contributed by atoms with van der Waals surface area (Å²) in [5.41, 5.74) is 1.69. The SMILES string of the molecule is COCCn1cnc(C2CC(c3ccc(OC(F)(F)F)cc3)CN(C(=O)N3CCC(O)C3)C2)c1. The lowest BCUT2D eigenvalue weighted by Gasteiger charge is -2.39. The predicted molar refractivity (Wildman–Crippen MR) is 116 cm³/mol. The summed E-state index contributed by atoms with van der Waals surface area (Å²) >= 11 is 0. The minimum absolute atomic E-state index is 0.0369. The molecule has 8 nitrogen and oxygen atoms in total. The van der Waals surface area contributed by atoms with Crippen LogP contribution in [0, 0.1) is 0 Å². The Morgan fingerprint density at radius 3 is 2.53 bits per heavy atom. The highest BCUT2D eigenvalue weighted by Crippen LogP contribution is 2.37. The van der Waals surface area contributed by atoms with E-state index in [4.69, 9.17) is 4.74 Å². The average molecular weight is 483 g/mol. The van der Waals surface area contributed by atoms with E-state index in [2.05, 4.69) is 9.72 Å².